The van der Waals surface area contributed by atoms with Crippen LogP contribution in [0.4, 0.5) is 5.82 Å². The lowest BCUT2D eigenvalue weighted by atomic mass is 10.4. The quantitative estimate of drug-likeness (QED) is 0.555. The predicted octanol–water partition coefficient (Wildman–Crippen LogP) is 0.574. The van der Waals surface area contributed by atoms with Crippen LogP contribution in [0, 0.1) is 0 Å². The van der Waals surface area contributed by atoms with Gasteiger partial charge in [-0.25, -0.2) is 9.98 Å². The highest BCUT2D eigenvalue weighted by molar-refractivity contribution is 5.84. The smallest absolute Gasteiger partial charge is 0.204 e. The third-order valence-corrected chi connectivity index (χ3v) is 1.63. The average Bonchev–Trinajstić information content (AvgIpc) is 2.62. The number of aromatic nitrogens is 4. The van der Waals surface area contributed by atoms with E-state index in [1.165, 1.54) is 0 Å². The zero-order valence-corrected chi connectivity index (χ0v) is 7.97. The van der Waals surface area contributed by atoms with Gasteiger partial charge in [-0.2, -0.15) is 5.10 Å². The lowest BCUT2D eigenvalue weighted by Crippen LogP contribution is -2.07. The van der Waals surface area contributed by atoms with Gasteiger partial charge in [0.25, 0.3) is 0 Å². The summed E-state index contributed by atoms with van der Waals surface area (Å²) in [6.45, 7) is 0. The van der Waals surface area contributed by atoms with Crippen LogP contribution >= 0.6 is 0 Å². The second kappa shape index (κ2) is 3.41. The molecule has 0 bridgehead atoms. The molecule has 0 aliphatic rings. The van der Waals surface area contributed by atoms with E-state index in [-0.39, 0.29) is 0 Å². The molecular weight excluding hydrogens is 180 g/mol. The Bertz CT molecular complexity index is 458. The normalized spacial score (nSPS) is 11.3. The average molecular weight is 190 g/mol. The van der Waals surface area contributed by atoms with Gasteiger partial charge in [-0.15, -0.1) is 5.10 Å². The van der Waals surface area contributed by atoms with Gasteiger partial charge in [0.1, 0.15) is 5.52 Å². The molecule has 72 valence electrons. The van der Waals surface area contributed by atoms with Crippen molar-refractivity contribution >= 4 is 23.2 Å². The highest BCUT2D eigenvalue weighted by Crippen LogP contribution is 2.17. The summed E-state index contributed by atoms with van der Waals surface area (Å²) in [5.74, 6) is 0.525. The Morgan fingerprint density at radius 2 is 2.36 bits per heavy atom. The third-order valence-electron chi connectivity index (χ3n) is 1.63. The van der Waals surface area contributed by atoms with Crippen molar-refractivity contribution in [1.82, 2.24) is 25.1 Å². The fourth-order valence-electron chi connectivity index (χ4n) is 1.03. The molecular formula is C8H10N6. The van der Waals surface area contributed by atoms with Gasteiger partial charge in [-0.1, -0.05) is 0 Å². The number of nitrogens with one attached hydrogen (secondary N) is 1. The van der Waals surface area contributed by atoms with Crippen molar-refractivity contribution in [2.45, 2.75) is 0 Å². The van der Waals surface area contributed by atoms with Gasteiger partial charge in [-0.3, -0.25) is 0 Å². The van der Waals surface area contributed by atoms with Gasteiger partial charge < -0.3 is 9.88 Å². The van der Waals surface area contributed by atoms with Gasteiger partial charge in [0.2, 0.25) is 5.82 Å². The van der Waals surface area contributed by atoms with Crippen LogP contribution in [0.1, 0.15) is 0 Å². The molecule has 14 heavy (non-hydrogen) atoms. The summed E-state index contributed by atoms with van der Waals surface area (Å²) in [5, 5.41) is 7.70. The van der Waals surface area contributed by atoms with Crippen molar-refractivity contribution in [3.05, 3.63) is 12.5 Å². The van der Waals surface area contributed by atoms with E-state index in [0.717, 1.165) is 11.0 Å². The van der Waals surface area contributed by atoms with E-state index in [9.17, 15) is 0 Å². The molecule has 0 atom stereocenters. The minimum Gasteiger partial charge on any atom is -0.369 e. The monoisotopic (exact) mass is 190 g/mol. The molecule has 1 N–H and O–H groups in total. The summed E-state index contributed by atoms with van der Waals surface area (Å²) in [6.07, 6.45) is 4.89. The van der Waals surface area contributed by atoms with Crippen molar-refractivity contribution in [3.8, 4) is 0 Å². The molecule has 2 heterocycles. The maximum atomic E-state index is 4.15. The predicted molar refractivity (Wildman–Crippen MR) is 53.5 cm³/mol. The minimum atomic E-state index is 0.525. The summed E-state index contributed by atoms with van der Waals surface area (Å²) < 4.78 is 0. The number of aliphatic imine (C=N–C) groups is 1. The van der Waals surface area contributed by atoms with Crippen molar-refractivity contribution in [2.75, 3.05) is 14.1 Å². The highest BCUT2D eigenvalue weighted by atomic mass is 15.2. The topological polar surface area (TPSA) is 70.1 Å². The van der Waals surface area contributed by atoms with E-state index in [1.54, 1.807) is 18.9 Å². The largest absolute Gasteiger partial charge is 0.369 e. The van der Waals surface area contributed by atoms with Crippen LogP contribution in [-0.2, 0) is 0 Å². The van der Waals surface area contributed by atoms with Gasteiger partial charge in [0.15, 0.2) is 0 Å². The first-order chi connectivity index (χ1) is 6.77. The number of rotatable bonds is 2. The summed E-state index contributed by atoms with van der Waals surface area (Å²) in [6, 6.07) is 0. The first kappa shape index (κ1) is 8.61. The Balaban J connectivity index is 2.46. The van der Waals surface area contributed by atoms with E-state index >= 15 is 0 Å². The number of hydrogen-bond acceptors (Lipinski definition) is 4. The Morgan fingerprint density at radius 3 is 3.14 bits per heavy atom. The van der Waals surface area contributed by atoms with Crippen molar-refractivity contribution < 1.29 is 0 Å². The number of hydrogen-bond donors (Lipinski definition) is 1. The number of imidazole rings is 1. The van der Waals surface area contributed by atoms with Crippen LogP contribution in [0.25, 0.3) is 11.0 Å². The number of fused-ring (bicyclic) bond motifs is 1. The van der Waals surface area contributed by atoms with Crippen molar-refractivity contribution in [1.29, 1.82) is 0 Å². The van der Waals surface area contributed by atoms with Crippen LogP contribution in [-0.4, -0.2) is 45.5 Å². The minimum absolute atomic E-state index is 0.525. The molecule has 2 rings (SSSR count). The summed E-state index contributed by atoms with van der Waals surface area (Å²) >= 11 is 0. The van der Waals surface area contributed by atoms with E-state index in [0.29, 0.717) is 5.82 Å². The van der Waals surface area contributed by atoms with Gasteiger partial charge >= 0.3 is 0 Å². The van der Waals surface area contributed by atoms with E-state index in [4.69, 9.17) is 0 Å². The molecule has 0 saturated heterocycles. The molecule has 0 amide bonds. The number of aromatic amines is 1. The molecule has 0 unspecified atom stereocenters. The fraction of sp³-hybridized carbons (Fsp3) is 0.250. The first-order valence-corrected chi connectivity index (χ1v) is 4.13. The molecule has 0 aliphatic heterocycles. The molecule has 0 spiro atoms. The van der Waals surface area contributed by atoms with E-state index < -0.39 is 0 Å². The maximum Gasteiger partial charge on any atom is 0.204 e. The molecule has 0 aromatic carbocycles. The molecule has 0 saturated carbocycles. The lowest BCUT2D eigenvalue weighted by molar-refractivity contribution is 0.643. The van der Waals surface area contributed by atoms with Gasteiger partial charge in [-0.05, 0) is 0 Å². The highest BCUT2D eigenvalue weighted by Gasteiger charge is 2.02. The Morgan fingerprint density at radius 1 is 1.50 bits per heavy atom. The first-order valence-electron chi connectivity index (χ1n) is 4.13. The molecule has 0 fully saturated rings. The molecule has 2 aromatic rings. The van der Waals surface area contributed by atoms with Crippen LogP contribution in [0.15, 0.2) is 17.5 Å². The Labute approximate surface area is 80.7 Å². The molecule has 0 aliphatic carbocycles. The zero-order valence-electron chi connectivity index (χ0n) is 7.97. The zero-order chi connectivity index (χ0) is 9.97. The van der Waals surface area contributed by atoms with Crippen LogP contribution in [0.3, 0.4) is 0 Å². The Kier molecular flexibility index (Phi) is 2.10. The number of H-pyrrole nitrogens is 1. The molecule has 6 nitrogen and oxygen atoms in total. The Hall–Kier alpha value is -1.98. The standard InChI is InChI=1S/C8H10N6/c1-14(2)5-11-8-7-6(3-12-13-8)9-4-10-7/h3-5H,1-2H3,(H,9,10). The maximum absolute atomic E-state index is 4.15. The lowest BCUT2D eigenvalue weighted by Gasteiger charge is -2.01. The second-order valence-electron chi connectivity index (χ2n) is 3.04. The van der Waals surface area contributed by atoms with Crippen LogP contribution in [0.2, 0.25) is 0 Å². The van der Waals surface area contributed by atoms with Gasteiger partial charge in [0, 0.05) is 14.1 Å². The van der Waals surface area contributed by atoms with E-state index in [1.807, 2.05) is 19.0 Å². The summed E-state index contributed by atoms with van der Waals surface area (Å²) in [5.41, 5.74) is 1.57. The molecule has 0 radical (unpaired) electrons. The van der Waals surface area contributed by atoms with E-state index in [2.05, 4.69) is 25.2 Å². The third kappa shape index (κ3) is 1.54. The molecule has 6 heteroatoms. The van der Waals surface area contributed by atoms with Gasteiger partial charge in [0.05, 0.1) is 24.4 Å². The van der Waals surface area contributed by atoms with Crippen LogP contribution in [0.5, 0.6) is 0 Å². The summed E-state index contributed by atoms with van der Waals surface area (Å²) in [4.78, 5) is 13.0. The second-order valence-corrected chi connectivity index (χ2v) is 3.04. The summed E-state index contributed by atoms with van der Waals surface area (Å²) in [7, 11) is 3.78. The SMILES string of the molecule is CN(C)C=Nc1nncc2[nH]cnc12. The van der Waals surface area contributed by atoms with Crippen LogP contribution < -0.4 is 0 Å². The number of nitrogens with zero attached hydrogens (tertiary/aromatic N) is 5. The molecule has 2 aromatic heterocycles. The van der Waals surface area contributed by atoms with Crippen molar-refractivity contribution in [3.63, 3.8) is 0 Å². The fourth-order valence-corrected chi connectivity index (χ4v) is 1.03. The van der Waals surface area contributed by atoms with Crippen molar-refractivity contribution in [2.24, 2.45) is 4.99 Å².